The largest absolute Gasteiger partial charge is 0.504 e. The third-order valence-electron chi connectivity index (χ3n) is 4.49. The van der Waals surface area contributed by atoms with Crippen LogP contribution >= 0.6 is 11.6 Å². The topological polar surface area (TPSA) is 71.0 Å². The van der Waals surface area contributed by atoms with E-state index < -0.39 is 0 Å². The number of urea groups is 1. The van der Waals surface area contributed by atoms with Crippen LogP contribution in [0.4, 0.5) is 10.5 Å². The van der Waals surface area contributed by atoms with Crippen LogP contribution in [0.2, 0.25) is 5.02 Å². The van der Waals surface area contributed by atoms with E-state index in [4.69, 9.17) is 21.1 Å². The van der Waals surface area contributed by atoms with Crippen molar-refractivity contribution in [1.82, 2.24) is 4.90 Å². The number of anilines is 1. The van der Waals surface area contributed by atoms with E-state index in [1.165, 1.54) is 7.11 Å². The van der Waals surface area contributed by atoms with Crippen LogP contribution in [0.25, 0.3) is 0 Å². The molecule has 1 saturated carbocycles. The summed E-state index contributed by atoms with van der Waals surface area (Å²) in [6.45, 7) is 3.00. The van der Waals surface area contributed by atoms with Crippen LogP contribution in [0.3, 0.4) is 0 Å². The number of hydrogen-bond acceptors (Lipinski definition) is 4. The molecule has 2 aromatic rings. The summed E-state index contributed by atoms with van der Waals surface area (Å²) >= 11 is 6.11. The first-order valence-corrected chi connectivity index (χ1v) is 9.75. The van der Waals surface area contributed by atoms with Crippen molar-refractivity contribution in [3.63, 3.8) is 0 Å². The quantitative estimate of drug-likeness (QED) is 0.646. The third kappa shape index (κ3) is 5.01. The molecule has 2 aromatic carbocycles. The number of hydrogen-bond donors (Lipinski definition) is 2. The minimum absolute atomic E-state index is 0.0744. The van der Waals surface area contributed by atoms with Crippen LogP contribution in [0.5, 0.6) is 17.2 Å². The van der Waals surface area contributed by atoms with E-state index >= 15 is 0 Å². The van der Waals surface area contributed by atoms with Gasteiger partial charge in [0, 0.05) is 17.6 Å². The van der Waals surface area contributed by atoms with Crippen molar-refractivity contribution >= 4 is 23.3 Å². The smallest absolute Gasteiger partial charge is 0.322 e. The monoisotopic (exact) mass is 404 g/mol. The summed E-state index contributed by atoms with van der Waals surface area (Å²) in [7, 11) is 1.50. The molecule has 0 aliphatic heterocycles. The van der Waals surface area contributed by atoms with Gasteiger partial charge in [-0.15, -0.1) is 0 Å². The number of phenolic OH excluding ortho intramolecular Hbond substituents is 1. The van der Waals surface area contributed by atoms with Gasteiger partial charge in [0.05, 0.1) is 19.4 Å². The summed E-state index contributed by atoms with van der Waals surface area (Å²) in [5.74, 6) is 1.06. The van der Waals surface area contributed by atoms with Crippen LogP contribution in [-0.2, 0) is 6.54 Å². The maximum Gasteiger partial charge on any atom is 0.322 e. The molecular weight excluding hydrogens is 380 g/mol. The Balaban J connectivity index is 1.76. The van der Waals surface area contributed by atoms with E-state index in [1.807, 2.05) is 6.92 Å². The summed E-state index contributed by atoms with van der Waals surface area (Å²) in [5.41, 5.74) is 1.44. The molecule has 7 heteroatoms. The fraction of sp³-hybridized carbons (Fsp3) is 0.381. The molecule has 0 atom stereocenters. The summed E-state index contributed by atoms with van der Waals surface area (Å²) in [4.78, 5) is 14.8. The Bertz CT molecular complexity index is 839. The van der Waals surface area contributed by atoms with Crippen molar-refractivity contribution in [3.05, 3.63) is 47.0 Å². The van der Waals surface area contributed by atoms with Crippen molar-refractivity contribution in [1.29, 1.82) is 0 Å². The molecule has 0 unspecified atom stereocenters. The number of carbonyl (C=O) groups is 1. The normalized spacial score (nSPS) is 13.1. The van der Waals surface area contributed by atoms with E-state index in [0.29, 0.717) is 35.4 Å². The molecule has 0 radical (unpaired) electrons. The van der Waals surface area contributed by atoms with Gasteiger partial charge >= 0.3 is 6.03 Å². The standard InChI is InChI=1S/C21H25ClN2O4/c1-3-10-28-19-9-5-15(22)12-17(19)23-21(26)24(16-6-7-16)13-14-4-8-18(25)20(11-14)27-2/h4-5,8-9,11-12,16,25H,3,6-7,10,13H2,1-2H3,(H,23,26). The van der Waals surface area contributed by atoms with Gasteiger partial charge in [-0.05, 0) is 55.2 Å². The molecule has 1 aliphatic carbocycles. The Morgan fingerprint density at radius 3 is 2.71 bits per heavy atom. The predicted molar refractivity (Wildman–Crippen MR) is 109 cm³/mol. The number of amides is 2. The van der Waals surface area contributed by atoms with Crippen molar-refractivity contribution in [2.45, 2.75) is 38.8 Å². The second-order valence-electron chi connectivity index (χ2n) is 6.78. The van der Waals surface area contributed by atoms with Crippen LogP contribution in [0.1, 0.15) is 31.7 Å². The van der Waals surface area contributed by atoms with Crippen molar-refractivity contribution in [2.24, 2.45) is 0 Å². The summed E-state index contributed by atoms with van der Waals surface area (Å²) in [5, 5.41) is 13.2. The van der Waals surface area contributed by atoms with Gasteiger partial charge in [-0.2, -0.15) is 0 Å². The number of halogens is 1. The molecule has 0 aromatic heterocycles. The number of methoxy groups -OCH3 is 1. The zero-order valence-corrected chi connectivity index (χ0v) is 16.8. The maximum atomic E-state index is 13.0. The van der Waals surface area contributed by atoms with Crippen LogP contribution in [0, 0.1) is 0 Å². The third-order valence-corrected chi connectivity index (χ3v) is 4.73. The summed E-state index contributed by atoms with van der Waals surface area (Å²) < 4.78 is 10.9. The van der Waals surface area contributed by atoms with Crippen LogP contribution < -0.4 is 14.8 Å². The first kappa shape index (κ1) is 20.1. The van der Waals surface area contributed by atoms with Gasteiger partial charge < -0.3 is 24.8 Å². The molecule has 0 heterocycles. The van der Waals surface area contributed by atoms with Gasteiger partial charge in [0.1, 0.15) is 5.75 Å². The Labute approximate surface area is 170 Å². The van der Waals surface area contributed by atoms with E-state index in [0.717, 1.165) is 24.8 Å². The lowest BCUT2D eigenvalue weighted by atomic mass is 10.2. The van der Waals surface area contributed by atoms with E-state index in [2.05, 4.69) is 5.32 Å². The lowest BCUT2D eigenvalue weighted by Crippen LogP contribution is -2.36. The SMILES string of the molecule is CCCOc1ccc(Cl)cc1NC(=O)N(Cc1ccc(O)c(OC)c1)C1CC1. The second kappa shape index (κ2) is 9.06. The number of nitrogens with one attached hydrogen (secondary N) is 1. The van der Waals surface area contributed by atoms with Gasteiger partial charge in [-0.3, -0.25) is 0 Å². The molecule has 2 N–H and O–H groups in total. The predicted octanol–water partition coefficient (Wildman–Crippen LogP) is 5.04. The van der Waals surface area contributed by atoms with E-state index in [9.17, 15) is 9.90 Å². The van der Waals surface area contributed by atoms with E-state index in [1.54, 1.807) is 41.3 Å². The maximum absolute atomic E-state index is 13.0. The molecule has 1 fully saturated rings. The van der Waals surface area contributed by atoms with Crippen LogP contribution in [0.15, 0.2) is 36.4 Å². The van der Waals surface area contributed by atoms with Crippen LogP contribution in [-0.4, -0.2) is 35.8 Å². The number of benzene rings is 2. The molecule has 0 saturated heterocycles. The van der Waals surface area contributed by atoms with E-state index in [-0.39, 0.29) is 17.8 Å². The lowest BCUT2D eigenvalue weighted by molar-refractivity contribution is 0.206. The van der Waals surface area contributed by atoms with Gasteiger partial charge in [0.25, 0.3) is 0 Å². The molecule has 3 rings (SSSR count). The Morgan fingerprint density at radius 2 is 2.04 bits per heavy atom. The number of nitrogens with zero attached hydrogens (tertiary/aromatic N) is 1. The highest BCUT2D eigenvalue weighted by Gasteiger charge is 2.33. The van der Waals surface area contributed by atoms with Crippen molar-refractivity contribution in [2.75, 3.05) is 19.0 Å². The van der Waals surface area contributed by atoms with Gasteiger partial charge in [-0.1, -0.05) is 24.6 Å². The first-order chi connectivity index (χ1) is 13.5. The van der Waals surface area contributed by atoms with Gasteiger partial charge in [0.15, 0.2) is 11.5 Å². The molecule has 0 bridgehead atoms. The highest BCUT2D eigenvalue weighted by molar-refractivity contribution is 6.31. The molecule has 1 aliphatic rings. The van der Waals surface area contributed by atoms with Gasteiger partial charge in [-0.25, -0.2) is 4.79 Å². The summed E-state index contributed by atoms with van der Waals surface area (Å²) in [6, 6.07) is 10.3. The second-order valence-corrected chi connectivity index (χ2v) is 7.22. The highest BCUT2D eigenvalue weighted by atomic mass is 35.5. The fourth-order valence-electron chi connectivity index (χ4n) is 2.89. The molecule has 150 valence electrons. The lowest BCUT2D eigenvalue weighted by Gasteiger charge is -2.24. The zero-order chi connectivity index (χ0) is 20.1. The average molecular weight is 405 g/mol. The first-order valence-electron chi connectivity index (χ1n) is 9.37. The Morgan fingerprint density at radius 1 is 1.25 bits per heavy atom. The number of phenols is 1. The minimum Gasteiger partial charge on any atom is -0.504 e. The molecule has 0 spiro atoms. The van der Waals surface area contributed by atoms with Gasteiger partial charge in [0.2, 0.25) is 0 Å². The summed E-state index contributed by atoms with van der Waals surface area (Å²) in [6.07, 6.45) is 2.81. The number of carbonyl (C=O) groups excluding carboxylic acids is 1. The number of aromatic hydroxyl groups is 1. The Kier molecular flexibility index (Phi) is 6.52. The molecule has 6 nitrogen and oxygen atoms in total. The average Bonchev–Trinajstić information content (AvgIpc) is 3.51. The fourth-order valence-corrected chi connectivity index (χ4v) is 3.07. The van der Waals surface area contributed by atoms with Crippen molar-refractivity contribution < 1.29 is 19.4 Å². The molecular formula is C21H25ClN2O4. The highest BCUT2D eigenvalue weighted by Crippen LogP contribution is 2.33. The molecule has 28 heavy (non-hydrogen) atoms. The minimum atomic E-state index is -0.210. The number of rotatable bonds is 8. The number of ether oxygens (including phenoxy) is 2. The molecule has 2 amide bonds. The van der Waals surface area contributed by atoms with Crippen molar-refractivity contribution in [3.8, 4) is 17.2 Å². The Hall–Kier alpha value is -2.60. The zero-order valence-electron chi connectivity index (χ0n) is 16.1.